The van der Waals surface area contributed by atoms with Crippen molar-refractivity contribution in [3.8, 4) is 0 Å². The first-order chi connectivity index (χ1) is 10.6. The first-order valence-corrected chi connectivity index (χ1v) is 7.99. The van der Waals surface area contributed by atoms with Gasteiger partial charge in [0.15, 0.2) is 0 Å². The molecule has 0 bridgehead atoms. The van der Waals surface area contributed by atoms with Crippen LogP contribution in [0.5, 0.6) is 0 Å². The molecule has 0 aliphatic rings. The highest BCUT2D eigenvalue weighted by molar-refractivity contribution is 5.23. The molecule has 0 aliphatic heterocycles. The molecule has 0 amide bonds. The fraction of sp³-hybridized carbons (Fsp3) is 0.333. The van der Waals surface area contributed by atoms with E-state index in [9.17, 15) is 5.11 Å². The van der Waals surface area contributed by atoms with Crippen molar-refractivity contribution >= 4 is 0 Å². The highest BCUT2D eigenvalue weighted by Crippen LogP contribution is 2.36. The van der Waals surface area contributed by atoms with Gasteiger partial charge in [0, 0.05) is 11.8 Å². The van der Waals surface area contributed by atoms with Crippen LogP contribution in [0.1, 0.15) is 37.3 Å². The summed E-state index contributed by atoms with van der Waals surface area (Å²) in [5.74, 6) is 0.121. The van der Waals surface area contributed by atoms with Gasteiger partial charge < -0.3 is 5.11 Å². The molecule has 116 valence electrons. The van der Waals surface area contributed by atoms with Gasteiger partial charge in [-0.1, -0.05) is 73.7 Å². The Balaban J connectivity index is 2.09. The van der Waals surface area contributed by atoms with E-state index in [2.05, 4.69) is 49.9 Å². The summed E-state index contributed by atoms with van der Waals surface area (Å²) in [7, 11) is 0. The smallest absolute Gasteiger partial charge is 0.0747 e. The predicted octanol–water partition coefficient (Wildman–Crippen LogP) is 4.98. The maximum Gasteiger partial charge on any atom is 0.0747 e. The van der Waals surface area contributed by atoms with Gasteiger partial charge in [-0.2, -0.15) is 0 Å². The maximum atomic E-state index is 11.1. The summed E-state index contributed by atoms with van der Waals surface area (Å²) in [6.07, 6.45) is 3.76. The van der Waals surface area contributed by atoms with Gasteiger partial charge in [-0.3, -0.25) is 0 Å². The Bertz CT molecular complexity index is 571. The van der Waals surface area contributed by atoms with Crippen molar-refractivity contribution in [1.82, 2.24) is 0 Å². The average Bonchev–Trinajstić information content (AvgIpc) is 2.56. The fourth-order valence-electron chi connectivity index (χ4n) is 3.02. The van der Waals surface area contributed by atoms with E-state index in [1.54, 1.807) is 0 Å². The molecule has 0 unspecified atom stereocenters. The van der Waals surface area contributed by atoms with Crippen molar-refractivity contribution < 1.29 is 5.11 Å². The molecule has 0 heterocycles. The van der Waals surface area contributed by atoms with Gasteiger partial charge in [-0.15, -0.1) is 6.58 Å². The third-order valence-corrected chi connectivity index (χ3v) is 4.80. The van der Waals surface area contributed by atoms with Gasteiger partial charge in [-0.25, -0.2) is 0 Å². The lowest BCUT2D eigenvalue weighted by molar-refractivity contribution is -0.00677. The molecule has 1 N–H and O–H groups in total. The second-order valence-electron chi connectivity index (χ2n) is 6.22. The zero-order chi connectivity index (χ0) is 16.0. The predicted molar refractivity (Wildman–Crippen MR) is 93.9 cm³/mol. The van der Waals surface area contributed by atoms with Crippen LogP contribution in [0.25, 0.3) is 0 Å². The zero-order valence-electron chi connectivity index (χ0n) is 13.6. The van der Waals surface area contributed by atoms with Gasteiger partial charge in [0.2, 0.25) is 0 Å². The molecule has 2 aromatic carbocycles. The summed E-state index contributed by atoms with van der Waals surface area (Å²) in [6.45, 7) is 7.98. The monoisotopic (exact) mass is 294 g/mol. The zero-order valence-corrected chi connectivity index (χ0v) is 13.6. The van der Waals surface area contributed by atoms with Crippen LogP contribution >= 0.6 is 0 Å². The Kier molecular flexibility index (Phi) is 5.57. The molecular weight excluding hydrogens is 268 g/mol. The standard InChI is InChI=1S/C21H26O/c1-4-20(16-15-18-11-7-5-8-12-18)21(3,22)17(2)19-13-9-6-10-14-19/h4-14,17,20,22H,1,15-16H2,2-3H3/t17-,20+,21+/m1/s1. The van der Waals surface area contributed by atoms with Crippen LogP contribution in [-0.4, -0.2) is 10.7 Å². The van der Waals surface area contributed by atoms with E-state index in [4.69, 9.17) is 0 Å². The van der Waals surface area contributed by atoms with Crippen molar-refractivity contribution in [1.29, 1.82) is 0 Å². The van der Waals surface area contributed by atoms with Crippen LogP contribution in [0.15, 0.2) is 73.3 Å². The van der Waals surface area contributed by atoms with E-state index in [1.165, 1.54) is 11.1 Å². The number of rotatable bonds is 7. The molecule has 0 saturated heterocycles. The number of benzene rings is 2. The summed E-state index contributed by atoms with van der Waals surface area (Å²) in [5, 5.41) is 11.1. The Morgan fingerprint density at radius 1 is 1.05 bits per heavy atom. The Morgan fingerprint density at radius 2 is 1.59 bits per heavy atom. The molecule has 0 radical (unpaired) electrons. The molecule has 2 rings (SSSR count). The fourth-order valence-corrected chi connectivity index (χ4v) is 3.02. The molecule has 1 nitrogen and oxygen atoms in total. The van der Waals surface area contributed by atoms with E-state index in [0.29, 0.717) is 0 Å². The van der Waals surface area contributed by atoms with Gasteiger partial charge in [-0.05, 0) is 30.9 Å². The molecule has 0 fully saturated rings. The summed E-state index contributed by atoms with van der Waals surface area (Å²) in [6, 6.07) is 20.6. The minimum Gasteiger partial charge on any atom is -0.389 e. The third kappa shape index (κ3) is 3.86. The Labute approximate surface area is 134 Å². The molecule has 0 spiro atoms. The van der Waals surface area contributed by atoms with Gasteiger partial charge >= 0.3 is 0 Å². The van der Waals surface area contributed by atoms with E-state index in [1.807, 2.05) is 37.3 Å². The van der Waals surface area contributed by atoms with E-state index < -0.39 is 5.60 Å². The summed E-state index contributed by atoms with van der Waals surface area (Å²) in [5.41, 5.74) is 1.66. The quantitative estimate of drug-likeness (QED) is 0.714. The van der Waals surface area contributed by atoms with Gasteiger partial charge in [0.25, 0.3) is 0 Å². The Hall–Kier alpha value is -1.86. The van der Waals surface area contributed by atoms with Crippen molar-refractivity contribution in [3.05, 3.63) is 84.4 Å². The minimum atomic E-state index is -0.808. The maximum absolute atomic E-state index is 11.1. The summed E-state index contributed by atoms with van der Waals surface area (Å²) < 4.78 is 0. The third-order valence-electron chi connectivity index (χ3n) is 4.80. The second kappa shape index (κ2) is 7.42. The molecular formula is C21H26O. The van der Waals surface area contributed by atoms with E-state index in [0.717, 1.165) is 12.8 Å². The highest BCUT2D eigenvalue weighted by Gasteiger charge is 2.35. The lowest BCUT2D eigenvalue weighted by Crippen LogP contribution is -2.39. The van der Waals surface area contributed by atoms with Crippen LogP contribution in [0, 0.1) is 5.92 Å². The molecule has 22 heavy (non-hydrogen) atoms. The van der Waals surface area contributed by atoms with Crippen molar-refractivity contribution in [2.24, 2.45) is 5.92 Å². The van der Waals surface area contributed by atoms with Crippen LogP contribution < -0.4 is 0 Å². The van der Waals surface area contributed by atoms with E-state index >= 15 is 0 Å². The number of hydrogen-bond acceptors (Lipinski definition) is 1. The summed E-state index contributed by atoms with van der Waals surface area (Å²) >= 11 is 0. The van der Waals surface area contributed by atoms with Crippen LogP contribution in [-0.2, 0) is 6.42 Å². The lowest BCUT2D eigenvalue weighted by atomic mass is 9.74. The number of aliphatic hydroxyl groups is 1. The lowest BCUT2D eigenvalue weighted by Gasteiger charge is -2.37. The van der Waals surface area contributed by atoms with Crippen molar-refractivity contribution in [2.75, 3.05) is 0 Å². The molecule has 1 heteroatoms. The molecule has 2 aromatic rings. The minimum absolute atomic E-state index is 0.0583. The normalized spacial score (nSPS) is 16.5. The molecule has 0 aliphatic carbocycles. The molecule has 3 atom stereocenters. The number of aryl methyl sites for hydroxylation is 1. The van der Waals surface area contributed by atoms with Crippen LogP contribution in [0.3, 0.4) is 0 Å². The van der Waals surface area contributed by atoms with Crippen molar-refractivity contribution in [3.63, 3.8) is 0 Å². The largest absolute Gasteiger partial charge is 0.389 e. The van der Waals surface area contributed by atoms with E-state index in [-0.39, 0.29) is 11.8 Å². The first kappa shape index (κ1) is 16.5. The highest BCUT2D eigenvalue weighted by atomic mass is 16.3. The first-order valence-electron chi connectivity index (χ1n) is 7.99. The molecule has 0 saturated carbocycles. The van der Waals surface area contributed by atoms with Crippen molar-refractivity contribution in [2.45, 2.75) is 38.2 Å². The number of hydrogen-bond donors (Lipinski definition) is 1. The second-order valence-corrected chi connectivity index (χ2v) is 6.22. The van der Waals surface area contributed by atoms with Crippen LogP contribution in [0.4, 0.5) is 0 Å². The summed E-state index contributed by atoms with van der Waals surface area (Å²) in [4.78, 5) is 0. The van der Waals surface area contributed by atoms with Crippen LogP contribution in [0.2, 0.25) is 0 Å². The van der Waals surface area contributed by atoms with Gasteiger partial charge in [0.05, 0.1) is 5.60 Å². The van der Waals surface area contributed by atoms with Gasteiger partial charge in [0.1, 0.15) is 0 Å². The Morgan fingerprint density at radius 3 is 2.14 bits per heavy atom. The topological polar surface area (TPSA) is 20.2 Å². The average molecular weight is 294 g/mol. The SMILES string of the molecule is C=C[C@@H](CCc1ccccc1)[C@@](C)(O)[C@H](C)c1ccccc1. The molecule has 0 aromatic heterocycles.